The molecule has 1 fully saturated rings. The number of hydrogen-bond acceptors (Lipinski definition) is 4. The molecule has 0 radical (unpaired) electrons. The maximum Gasteiger partial charge on any atom is 0.314 e. The molecule has 0 amide bonds. The van der Waals surface area contributed by atoms with E-state index >= 15 is 0 Å². The van der Waals surface area contributed by atoms with Gasteiger partial charge in [0.1, 0.15) is 5.75 Å². The molecule has 0 heterocycles. The molecule has 1 aromatic carbocycles. The Morgan fingerprint density at radius 2 is 1.68 bits per heavy atom. The summed E-state index contributed by atoms with van der Waals surface area (Å²) in [4.78, 5) is 11.9. The van der Waals surface area contributed by atoms with Gasteiger partial charge in [-0.1, -0.05) is 12.8 Å². The van der Waals surface area contributed by atoms with Crippen molar-refractivity contribution in [1.82, 2.24) is 0 Å². The number of benzene rings is 1. The smallest absolute Gasteiger partial charge is 0.314 e. The summed E-state index contributed by atoms with van der Waals surface area (Å²) in [6.07, 6.45) is 3.03. The number of ether oxygens (including phenoxy) is 3. The minimum absolute atomic E-state index is 0.00984. The first-order chi connectivity index (χ1) is 10.4. The SMILES string of the molecule is COc1cc(C2(C(=O)O)CCCC2)c(OC)cc1OC(C)C. The zero-order valence-corrected chi connectivity index (χ0v) is 13.6. The summed E-state index contributed by atoms with van der Waals surface area (Å²) in [5, 5.41) is 9.79. The van der Waals surface area contributed by atoms with E-state index in [1.54, 1.807) is 26.4 Å². The highest BCUT2D eigenvalue weighted by Crippen LogP contribution is 2.48. The first-order valence-corrected chi connectivity index (χ1v) is 7.61. The molecule has 0 aliphatic heterocycles. The number of carboxylic acid groups (broad SMARTS) is 1. The average molecular weight is 308 g/mol. The largest absolute Gasteiger partial charge is 0.496 e. The Hall–Kier alpha value is -1.91. The lowest BCUT2D eigenvalue weighted by Gasteiger charge is -2.27. The molecular weight excluding hydrogens is 284 g/mol. The number of carboxylic acids is 1. The fourth-order valence-corrected chi connectivity index (χ4v) is 3.17. The van der Waals surface area contributed by atoms with Crippen LogP contribution in [0.3, 0.4) is 0 Å². The molecule has 1 N–H and O–H groups in total. The summed E-state index contributed by atoms with van der Waals surface area (Å²) in [5.41, 5.74) is -0.220. The van der Waals surface area contributed by atoms with Gasteiger partial charge in [-0.2, -0.15) is 0 Å². The molecule has 5 nitrogen and oxygen atoms in total. The predicted molar refractivity (Wildman–Crippen MR) is 83.1 cm³/mol. The van der Waals surface area contributed by atoms with Crippen molar-refractivity contribution in [3.63, 3.8) is 0 Å². The number of carbonyl (C=O) groups is 1. The van der Waals surface area contributed by atoms with Gasteiger partial charge in [-0.25, -0.2) is 0 Å². The predicted octanol–water partition coefficient (Wildman–Crippen LogP) is 3.39. The van der Waals surface area contributed by atoms with Crippen LogP contribution in [0.25, 0.3) is 0 Å². The van der Waals surface area contributed by atoms with Gasteiger partial charge in [-0.05, 0) is 32.8 Å². The van der Waals surface area contributed by atoms with Crippen LogP contribution in [-0.2, 0) is 10.2 Å². The molecule has 1 aliphatic carbocycles. The minimum atomic E-state index is -0.894. The number of aliphatic carboxylic acids is 1. The van der Waals surface area contributed by atoms with E-state index in [9.17, 15) is 9.90 Å². The summed E-state index contributed by atoms with van der Waals surface area (Å²) < 4.78 is 16.6. The molecule has 1 aliphatic rings. The molecule has 1 aromatic rings. The molecule has 122 valence electrons. The monoisotopic (exact) mass is 308 g/mol. The summed E-state index contributed by atoms with van der Waals surface area (Å²) in [6.45, 7) is 3.85. The molecule has 0 saturated heterocycles. The van der Waals surface area contributed by atoms with Crippen LogP contribution in [0, 0.1) is 0 Å². The summed E-state index contributed by atoms with van der Waals surface area (Å²) in [6, 6.07) is 3.49. The van der Waals surface area contributed by atoms with Crippen molar-refractivity contribution in [1.29, 1.82) is 0 Å². The first kappa shape index (κ1) is 16.5. The zero-order chi connectivity index (χ0) is 16.3. The number of hydrogen-bond donors (Lipinski definition) is 1. The highest BCUT2D eigenvalue weighted by atomic mass is 16.5. The molecule has 0 unspecified atom stereocenters. The Kier molecular flexibility index (Phi) is 4.84. The summed E-state index contributed by atoms with van der Waals surface area (Å²) >= 11 is 0. The quantitative estimate of drug-likeness (QED) is 0.872. The fraction of sp³-hybridized carbons (Fsp3) is 0.588. The third-order valence-electron chi connectivity index (χ3n) is 4.23. The molecule has 0 bridgehead atoms. The second-order valence-corrected chi connectivity index (χ2v) is 5.96. The fourth-order valence-electron chi connectivity index (χ4n) is 3.17. The highest BCUT2D eigenvalue weighted by molar-refractivity contribution is 5.83. The van der Waals surface area contributed by atoms with E-state index in [-0.39, 0.29) is 6.10 Å². The van der Waals surface area contributed by atoms with E-state index in [0.717, 1.165) is 12.8 Å². The minimum Gasteiger partial charge on any atom is -0.496 e. The lowest BCUT2D eigenvalue weighted by atomic mass is 9.78. The zero-order valence-electron chi connectivity index (χ0n) is 13.6. The van der Waals surface area contributed by atoms with Crippen molar-refractivity contribution >= 4 is 5.97 Å². The Bertz CT molecular complexity index is 544. The van der Waals surface area contributed by atoms with Crippen molar-refractivity contribution in [2.24, 2.45) is 0 Å². The van der Waals surface area contributed by atoms with Gasteiger partial charge >= 0.3 is 5.97 Å². The average Bonchev–Trinajstić information content (AvgIpc) is 2.97. The maximum atomic E-state index is 11.9. The lowest BCUT2D eigenvalue weighted by Crippen LogP contribution is -2.33. The molecule has 22 heavy (non-hydrogen) atoms. The van der Waals surface area contributed by atoms with Crippen molar-refractivity contribution in [3.05, 3.63) is 17.7 Å². The van der Waals surface area contributed by atoms with Gasteiger partial charge in [0.15, 0.2) is 11.5 Å². The van der Waals surface area contributed by atoms with Crippen LogP contribution < -0.4 is 14.2 Å². The molecule has 5 heteroatoms. The lowest BCUT2D eigenvalue weighted by molar-refractivity contribution is -0.143. The Morgan fingerprint density at radius 1 is 1.09 bits per heavy atom. The Morgan fingerprint density at radius 3 is 2.14 bits per heavy atom. The van der Waals surface area contributed by atoms with Crippen LogP contribution >= 0.6 is 0 Å². The van der Waals surface area contributed by atoms with E-state index in [0.29, 0.717) is 35.7 Å². The van der Waals surface area contributed by atoms with Gasteiger partial charge in [0.2, 0.25) is 0 Å². The van der Waals surface area contributed by atoms with Crippen LogP contribution in [0.15, 0.2) is 12.1 Å². The van der Waals surface area contributed by atoms with Crippen molar-refractivity contribution in [2.75, 3.05) is 14.2 Å². The van der Waals surface area contributed by atoms with Gasteiger partial charge in [0, 0.05) is 11.6 Å². The molecule has 0 atom stereocenters. The van der Waals surface area contributed by atoms with Gasteiger partial charge in [-0.3, -0.25) is 4.79 Å². The molecule has 1 saturated carbocycles. The van der Waals surface area contributed by atoms with Crippen LogP contribution in [0.2, 0.25) is 0 Å². The molecule has 0 spiro atoms. The van der Waals surface area contributed by atoms with Crippen molar-refractivity contribution in [2.45, 2.75) is 51.0 Å². The summed E-state index contributed by atoms with van der Waals surface area (Å²) in [7, 11) is 3.11. The Labute approximate surface area is 131 Å². The van der Waals surface area contributed by atoms with Gasteiger partial charge in [-0.15, -0.1) is 0 Å². The van der Waals surface area contributed by atoms with Crippen LogP contribution in [-0.4, -0.2) is 31.4 Å². The van der Waals surface area contributed by atoms with E-state index in [1.165, 1.54) is 0 Å². The van der Waals surface area contributed by atoms with Crippen LogP contribution in [0.4, 0.5) is 0 Å². The van der Waals surface area contributed by atoms with Crippen molar-refractivity contribution < 1.29 is 24.1 Å². The van der Waals surface area contributed by atoms with Gasteiger partial charge < -0.3 is 19.3 Å². The van der Waals surface area contributed by atoms with E-state index in [1.807, 2.05) is 13.8 Å². The first-order valence-electron chi connectivity index (χ1n) is 7.61. The van der Waals surface area contributed by atoms with Gasteiger partial charge in [0.25, 0.3) is 0 Å². The highest BCUT2D eigenvalue weighted by Gasteiger charge is 2.45. The topological polar surface area (TPSA) is 65.0 Å². The van der Waals surface area contributed by atoms with Crippen LogP contribution in [0.1, 0.15) is 45.1 Å². The second-order valence-electron chi connectivity index (χ2n) is 5.96. The number of rotatable bonds is 6. The standard InChI is InChI=1S/C17H24O5/c1-11(2)22-15-10-13(20-3)12(9-14(15)21-4)17(16(18)19)7-5-6-8-17/h9-11H,5-8H2,1-4H3,(H,18,19). The normalized spacial score (nSPS) is 16.6. The van der Waals surface area contributed by atoms with Crippen LogP contribution in [0.5, 0.6) is 17.2 Å². The van der Waals surface area contributed by atoms with Crippen molar-refractivity contribution in [3.8, 4) is 17.2 Å². The molecular formula is C17H24O5. The number of methoxy groups -OCH3 is 2. The van der Waals surface area contributed by atoms with Gasteiger partial charge in [0.05, 0.1) is 25.7 Å². The second kappa shape index (κ2) is 6.46. The molecule has 2 rings (SSSR count). The third-order valence-corrected chi connectivity index (χ3v) is 4.23. The summed E-state index contributed by atoms with van der Waals surface area (Å²) in [5.74, 6) is 0.845. The van der Waals surface area contributed by atoms with E-state index in [4.69, 9.17) is 14.2 Å². The molecule has 0 aromatic heterocycles. The van der Waals surface area contributed by atoms with E-state index < -0.39 is 11.4 Å². The maximum absolute atomic E-state index is 11.9. The third kappa shape index (κ3) is 2.85. The van der Waals surface area contributed by atoms with E-state index in [2.05, 4.69) is 0 Å². The Balaban J connectivity index is 2.57.